The van der Waals surface area contributed by atoms with Gasteiger partial charge >= 0.3 is 0 Å². The summed E-state index contributed by atoms with van der Waals surface area (Å²) in [5, 5.41) is 0. The van der Waals surface area contributed by atoms with Crippen molar-refractivity contribution in [2.45, 2.75) is 19.9 Å². The first-order chi connectivity index (χ1) is 12.7. The van der Waals surface area contributed by atoms with Crippen molar-refractivity contribution in [3.05, 3.63) is 53.2 Å². The maximum absolute atomic E-state index is 12.7. The quantitative estimate of drug-likeness (QED) is 0.714. The lowest BCUT2D eigenvalue weighted by molar-refractivity contribution is 0.0733. The van der Waals surface area contributed by atoms with Crippen LogP contribution in [0.25, 0.3) is 0 Å². The van der Waals surface area contributed by atoms with Crippen molar-refractivity contribution in [3.8, 4) is 11.6 Å². The van der Waals surface area contributed by atoms with E-state index in [4.69, 9.17) is 14.2 Å². The van der Waals surface area contributed by atoms with Crippen molar-refractivity contribution < 1.29 is 19.0 Å². The molecule has 0 radical (unpaired) electrons. The van der Waals surface area contributed by atoms with Gasteiger partial charge in [-0.3, -0.25) is 4.79 Å². The molecule has 0 bridgehead atoms. The molecule has 1 aromatic carbocycles. The number of rotatable bonds is 7. The fraction of sp³-hybridized carbons (Fsp3) is 0.400. The van der Waals surface area contributed by atoms with Crippen molar-refractivity contribution in [1.82, 2.24) is 9.88 Å². The third-order valence-electron chi connectivity index (χ3n) is 4.26. The predicted octanol–water partition coefficient (Wildman–Crippen LogP) is 2.70. The highest BCUT2D eigenvalue weighted by Gasteiger charge is 2.23. The summed E-state index contributed by atoms with van der Waals surface area (Å²) in [6, 6.07) is 11.1. The van der Waals surface area contributed by atoms with Crippen molar-refractivity contribution in [1.29, 1.82) is 0 Å². The zero-order valence-electron chi connectivity index (χ0n) is 15.2. The van der Waals surface area contributed by atoms with Crippen molar-refractivity contribution in [3.63, 3.8) is 0 Å². The average molecular weight is 356 g/mol. The maximum atomic E-state index is 12.7. The Hall–Kier alpha value is -2.60. The number of carbonyl (C=O) groups excluding carboxylic acids is 1. The van der Waals surface area contributed by atoms with Crippen molar-refractivity contribution in [2.24, 2.45) is 0 Å². The number of nitrogens with zero attached hydrogens (tertiary/aromatic N) is 2. The van der Waals surface area contributed by atoms with E-state index in [1.165, 1.54) is 0 Å². The topological polar surface area (TPSA) is 60.9 Å². The standard InChI is InChI=1S/C20H24N2O4/c1-3-25-17-7-4-15(5-8-17)20(23)22-11-10-18-16(14-22)6-9-19(21-18)26-13-12-24-2/h4-9H,3,10-14H2,1-2H3. The van der Waals surface area contributed by atoms with Gasteiger partial charge in [-0.2, -0.15) is 0 Å². The monoisotopic (exact) mass is 356 g/mol. The Morgan fingerprint density at radius 1 is 1.12 bits per heavy atom. The zero-order chi connectivity index (χ0) is 18.4. The Labute approximate surface area is 153 Å². The summed E-state index contributed by atoms with van der Waals surface area (Å²) in [5.74, 6) is 1.41. The number of fused-ring (bicyclic) bond motifs is 1. The molecule has 1 aliphatic rings. The molecular weight excluding hydrogens is 332 g/mol. The van der Waals surface area contributed by atoms with E-state index < -0.39 is 0 Å². The first-order valence-corrected chi connectivity index (χ1v) is 8.84. The summed E-state index contributed by atoms with van der Waals surface area (Å²) in [7, 11) is 1.64. The number of aromatic nitrogens is 1. The smallest absolute Gasteiger partial charge is 0.254 e. The molecule has 6 heteroatoms. The number of carbonyl (C=O) groups is 1. The first-order valence-electron chi connectivity index (χ1n) is 8.84. The number of ether oxygens (including phenoxy) is 3. The highest BCUT2D eigenvalue weighted by atomic mass is 16.5. The lowest BCUT2D eigenvalue weighted by atomic mass is 10.0. The van der Waals surface area contributed by atoms with E-state index >= 15 is 0 Å². The molecule has 26 heavy (non-hydrogen) atoms. The van der Waals surface area contributed by atoms with Gasteiger partial charge in [0.25, 0.3) is 5.91 Å². The largest absolute Gasteiger partial charge is 0.494 e. The second kappa shape index (κ2) is 8.67. The molecule has 6 nitrogen and oxygen atoms in total. The fourth-order valence-electron chi connectivity index (χ4n) is 2.92. The molecule has 3 rings (SSSR count). The predicted molar refractivity (Wildman–Crippen MR) is 97.7 cm³/mol. The van der Waals surface area contributed by atoms with Crippen LogP contribution in [0.3, 0.4) is 0 Å². The Bertz CT molecular complexity index is 746. The zero-order valence-corrected chi connectivity index (χ0v) is 15.2. The Balaban J connectivity index is 1.64. The lowest BCUT2D eigenvalue weighted by Gasteiger charge is -2.28. The van der Waals surface area contributed by atoms with E-state index in [1.807, 2.05) is 48.2 Å². The van der Waals surface area contributed by atoms with Gasteiger partial charge in [-0.05, 0) is 36.8 Å². The molecular formula is C20H24N2O4. The third-order valence-corrected chi connectivity index (χ3v) is 4.26. The average Bonchev–Trinajstić information content (AvgIpc) is 2.68. The van der Waals surface area contributed by atoms with E-state index in [-0.39, 0.29) is 5.91 Å². The molecule has 1 aliphatic heterocycles. The second-order valence-corrected chi connectivity index (χ2v) is 6.03. The molecule has 0 saturated carbocycles. The minimum Gasteiger partial charge on any atom is -0.494 e. The number of hydrogen-bond donors (Lipinski definition) is 0. The van der Waals surface area contributed by atoms with Crippen LogP contribution < -0.4 is 9.47 Å². The molecule has 1 aromatic heterocycles. The van der Waals surface area contributed by atoms with Crippen LogP contribution in [0.5, 0.6) is 11.6 Å². The summed E-state index contributed by atoms with van der Waals surface area (Å²) in [6.07, 6.45) is 0.722. The number of methoxy groups -OCH3 is 1. The van der Waals surface area contributed by atoms with E-state index in [9.17, 15) is 4.79 Å². The van der Waals surface area contributed by atoms with Gasteiger partial charge in [0.05, 0.1) is 18.9 Å². The molecule has 138 valence electrons. The van der Waals surface area contributed by atoms with Gasteiger partial charge in [-0.15, -0.1) is 0 Å². The summed E-state index contributed by atoms with van der Waals surface area (Å²) in [5.41, 5.74) is 2.73. The van der Waals surface area contributed by atoms with Gasteiger partial charge in [0.1, 0.15) is 12.4 Å². The number of amides is 1. The van der Waals surface area contributed by atoms with Crippen LogP contribution in [-0.4, -0.2) is 49.3 Å². The van der Waals surface area contributed by atoms with Crippen molar-refractivity contribution in [2.75, 3.05) is 33.5 Å². The van der Waals surface area contributed by atoms with Crippen LogP contribution in [0.4, 0.5) is 0 Å². The maximum Gasteiger partial charge on any atom is 0.254 e. The van der Waals surface area contributed by atoms with Crippen LogP contribution in [0.1, 0.15) is 28.5 Å². The van der Waals surface area contributed by atoms with Gasteiger partial charge in [0, 0.05) is 38.2 Å². The Morgan fingerprint density at radius 3 is 2.65 bits per heavy atom. The normalized spacial score (nSPS) is 13.2. The van der Waals surface area contributed by atoms with E-state index in [2.05, 4.69) is 4.98 Å². The minimum absolute atomic E-state index is 0.0270. The SMILES string of the molecule is CCOc1ccc(C(=O)N2CCc3nc(OCCOC)ccc3C2)cc1. The summed E-state index contributed by atoms with van der Waals surface area (Å²) in [4.78, 5) is 19.1. The van der Waals surface area contributed by atoms with E-state index in [0.717, 1.165) is 23.4 Å². The van der Waals surface area contributed by atoms with Gasteiger partial charge in [0.2, 0.25) is 5.88 Å². The van der Waals surface area contributed by atoms with Gasteiger partial charge in [0.15, 0.2) is 0 Å². The molecule has 0 spiro atoms. The highest BCUT2D eigenvalue weighted by molar-refractivity contribution is 5.94. The highest BCUT2D eigenvalue weighted by Crippen LogP contribution is 2.22. The van der Waals surface area contributed by atoms with Crippen LogP contribution in [0.15, 0.2) is 36.4 Å². The van der Waals surface area contributed by atoms with E-state index in [0.29, 0.717) is 44.4 Å². The minimum atomic E-state index is 0.0270. The van der Waals surface area contributed by atoms with Gasteiger partial charge in [-0.1, -0.05) is 6.07 Å². The summed E-state index contributed by atoms with van der Waals surface area (Å²) < 4.78 is 16.0. The van der Waals surface area contributed by atoms with Crippen molar-refractivity contribution >= 4 is 5.91 Å². The molecule has 0 aliphatic carbocycles. The molecule has 2 aromatic rings. The second-order valence-electron chi connectivity index (χ2n) is 6.03. The molecule has 1 amide bonds. The molecule has 0 fully saturated rings. The number of benzene rings is 1. The van der Waals surface area contributed by atoms with Gasteiger partial charge in [-0.25, -0.2) is 4.98 Å². The summed E-state index contributed by atoms with van der Waals surface area (Å²) in [6.45, 7) is 4.76. The Kier molecular flexibility index (Phi) is 6.07. The number of hydrogen-bond acceptors (Lipinski definition) is 5. The Morgan fingerprint density at radius 2 is 1.92 bits per heavy atom. The fourth-order valence-corrected chi connectivity index (χ4v) is 2.92. The van der Waals surface area contributed by atoms with Gasteiger partial charge < -0.3 is 19.1 Å². The molecule has 0 unspecified atom stereocenters. The van der Waals surface area contributed by atoms with E-state index in [1.54, 1.807) is 7.11 Å². The molecule has 0 atom stereocenters. The van der Waals surface area contributed by atoms with Crippen LogP contribution >= 0.6 is 0 Å². The lowest BCUT2D eigenvalue weighted by Crippen LogP contribution is -2.36. The van der Waals surface area contributed by atoms with Crippen LogP contribution in [-0.2, 0) is 17.7 Å². The molecule has 0 N–H and O–H groups in total. The third kappa shape index (κ3) is 4.32. The molecule has 2 heterocycles. The first kappa shape index (κ1) is 18.2. The number of pyridine rings is 1. The molecule has 0 saturated heterocycles. The van der Waals surface area contributed by atoms with Crippen LogP contribution in [0.2, 0.25) is 0 Å². The summed E-state index contributed by atoms with van der Waals surface area (Å²) >= 11 is 0. The van der Waals surface area contributed by atoms with Crippen LogP contribution in [0, 0.1) is 0 Å².